The summed E-state index contributed by atoms with van der Waals surface area (Å²) < 4.78 is 11.6. The van der Waals surface area contributed by atoms with Crippen LogP contribution in [0, 0.1) is 13.8 Å². The molecule has 0 spiro atoms. The topological polar surface area (TPSA) is 80.2 Å². The normalized spacial score (nSPS) is 15.5. The molecule has 1 aliphatic rings. The number of rotatable bonds is 6. The minimum atomic E-state index is -0.362. The maximum Gasteiger partial charge on any atom is 0.241 e. The molecule has 0 aromatic heterocycles. The molecule has 1 atom stereocenters. The third kappa shape index (κ3) is 5.54. The number of carbonyl (C=O) groups excluding carboxylic acids is 2. The SMILES string of the molecule is CC(=O)NC1=NN(C(C)=O)[C@@H](c2cccc(OCCOc3ccc(C)cc3C)c2)S1. The van der Waals surface area contributed by atoms with Crippen molar-refractivity contribution in [3.63, 3.8) is 0 Å². The second kappa shape index (κ2) is 9.67. The number of nitrogens with zero attached hydrogens (tertiary/aromatic N) is 2. The van der Waals surface area contributed by atoms with Gasteiger partial charge in [-0.3, -0.25) is 9.59 Å². The molecule has 8 heteroatoms. The highest BCUT2D eigenvalue weighted by Crippen LogP contribution is 2.39. The van der Waals surface area contributed by atoms with E-state index in [4.69, 9.17) is 9.47 Å². The van der Waals surface area contributed by atoms with Crippen LogP contribution in [0.25, 0.3) is 0 Å². The van der Waals surface area contributed by atoms with Gasteiger partial charge in [0.25, 0.3) is 0 Å². The first-order valence-corrected chi connectivity index (χ1v) is 10.5. The van der Waals surface area contributed by atoms with Crippen molar-refractivity contribution in [3.05, 3.63) is 59.2 Å². The van der Waals surface area contributed by atoms with Gasteiger partial charge in [-0.2, -0.15) is 0 Å². The highest BCUT2D eigenvalue weighted by atomic mass is 32.2. The lowest BCUT2D eigenvalue weighted by atomic mass is 10.1. The monoisotopic (exact) mass is 427 g/mol. The van der Waals surface area contributed by atoms with Crippen molar-refractivity contribution < 1.29 is 19.1 Å². The van der Waals surface area contributed by atoms with Crippen LogP contribution in [0.2, 0.25) is 0 Å². The summed E-state index contributed by atoms with van der Waals surface area (Å²) in [5, 5.41) is 8.24. The zero-order valence-electron chi connectivity index (χ0n) is 17.5. The molecule has 1 aliphatic heterocycles. The number of hydrazone groups is 1. The molecule has 0 saturated carbocycles. The largest absolute Gasteiger partial charge is 0.490 e. The summed E-state index contributed by atoms with van der Waals surface area (Å²) in [6.07, 6.45) is 0. The maximum absolute atomic E-state index is 12.0. The summed E-state index contributed by atoms with van der Waals surface area (Å²) in [5.74, 6) is 1.08. The minimum absolute atomic E-state index is 0.207. The Balaban J connectivity index is 1.60. The Bertz CT molecular complexity index is 977. The predicted molar refractivity (Wildman–Crippen MR) is 117 cm³/mol. The standard InChI is InChI=1S/C22H25N3O4S/c1-14-8-9-20(15(2)12-14)29-11-10-28-19-7-5-6-18(13-19)21-25(17(4)27)24-22(30-21)23-16(3)26/h5-9,12-13,21H,10-11H2,1-4H3,(H,23,24,26)/t21-/m1/s1. The number of thioether (sulfide) groups is 1. The zero-order valence-corrected chi connectivity index (χ0v) is 18.3. The van der Waals surface area contributed by atoms with Crippen molar-refractivity contribution in [1.29, 1.82) is 0 Å². The molecular weight excluding hydrogens is 402 g/mol. The number of hydrogen-bond acceptors (Lipinski definition) is 6. The van der Waals surface area contributed by atoms with Crippen LogP contribution < -0.4 is 14.8 Å². The van der Waals surface area contributed by atoms with Gasteiger partial charge >= 0.3 is 0 Å². The fourth-order valence-electron chi connectivity index (χ4n) is 3.01. The van der Waals surface area contributed by atoms with E-state index in [1.807, 2.05) is 50.2 Å². The third-order valence-corrected chi connectivity index (χ3v) is 5.43. The molecule has 0 unspecified atom stereocenters. The molecule has 0 bridgehead atoms. The van der Waals surface area contributed by atoms with Crippen molar-refractivity contribution in [2.75, 3.05) is 13.2 Å². The van der Waals surface area contributed by atoms with E-state index in [-0.39, 0.29) is 17.2 Å². The molecular formula is C22H25N3O4S. The van der Waals surface area contributed by atoms with E-state index in [9.17, 15) is 9.59 Å². The van der Waals surface area contributed by atoms with Crippen LogP contribution >= 0.6 is 11.8 Å². The van der Waals surface area contributed by atoms with Crippen molar-refractivity contribution >= 4 is 28.7 Å². The van der Waals surface area contributed by atoms with Gasteiger partial charge in [0, 0.05) is 13.8 Å². The van der Waals surface area contributed by atoms with E-state index in [0.717, 1.165) is 16.9 Å². The van der Waals surface area contributed by atoms with Gasteiger partial charge in [-0.1, -0.05) is 41.6 Å². The molecule has 1 heterocycles. The van der Waals surface area contributed by atoms with Gasteiger partial charge in [0.15, 0.2) is 5.17 Å². The Morgan fingerprint density at radius 3 is 2.57 bits per heavy atom. The van der Waals surface area contributed by atoms with Crippen LogP contribution in [0.4, 0.5) is 0 Å². The molecule has 0 saturated heterocycles. The van der Waals surface area contributed by atoms with Gasteiger partial charge in [-0.05, 0) is 43.2 Å². The lowest BCUT2D eigenvalue weighted by Gasteiger charge is -2.20. The van der Waals surface area contributed by atoms with E-state index in [1.165, 1.54) is 36.2 Å². The van der Waals surface area contributed by atoms with Gasteiger partial charge in [0.1, 0.15) is 30.1 Å². The van der Waals surface area contributed by atoms with Crippen LogP contribution in [0.3, 0.4) is 0 Å². The Morgan fingerprint density at radius 2 is 1.87 bits per heavy atom. The Morgan fingerprint density at radius 1 is 1.10 bits per heavy atom. The van der Waals surface area contributed by atoms with E-state index in [0.29, 0.717) is 24.1 Å². The molecule has 7 nitrogen and oxygen atoms in total. The molecule has 2 amide bonds. The van der Waals surface area contributed by atoms with Crippen molar-refractivity contribution in [2.24, 2.45) is 5.10 Å². The summed E-state index contributed by atoms with van der Waals surface area (Å²) in [7, 11) is 0. The van der Waals surface area contributed by atoms with Gasteiger partial charge in [-0.15, -0.1) is 5.10 Å². The van der Waals surface area contributed by atoms with Crippen molar-refractivity contribution in [3.8, 4) is 11.5 Å². The third-order valence-electron chi connectivity index (χ3n) is 4.33. The number of aryl methyl sites for hydroxylation is 2. The molecule has 30 heavy (non-hydrogen) atoms. The first kappa shape index (κ1) is 21.7. The van der Waals surface area contributed by atoms with E-state index in [1.54, 1.807) is 0 Å². The van der Waals surface area contributed by atoms with Gasteiger partial charge in [0.05, 0.1) is 0 Å². The van der Waals surface area contributed by atoms with Crippen LogP contribution in [0.15, 0.2) is 47.6 Å². The highest BCUT2D eigenvalue weighted by Gasteiger charge is 2.32. The molecule has 0 aliphatic carbocycles. The first-order valence-electron chi connectivity index (χ1n) is 9.59. The number of hydrogen-bond donors (Lipinski definition) is 1. The van der Waals surface area contributed by atoms with Crippen LogP contribution in [-0.4, -0.2) is 35.2 Å². The molecule has 158 valence electrons. The van der Waals surface area contributed by atoms with E-state index < -0.39 is 0 Å². The number of amides is 2. The lowest BCUT2D eigenvalue weighted by molar-refractivity contribution is -0.129. The van der Waals surface area contributed by atoms with Crippen LogP contribution in [-0.2, 0) is 9.59 Å². The highest BCUT2D eigenvalue weighted by molar-refractivity contribution is 8.14. The Kier molecular flexibility index (Phi) is 6.99. The molecule has 3 rings (SSSR count). The number of amidine groups is 1. The molecule has 0 fully saturated rings. The van der Waals surface area contributed by atoms with E-state index >= 15 is 0 Å². The predicted octanol–water partition coefficient (Wildman–Crippen LogP) is 3.76. The quantitative estimate of drug-likeness (QED) is 0.710. The Labute approximate surface area is 180 Å². The van der Waals surface area contributed by atoms with Crippen LogP contribution in [0.5, 0.6) is 11.5 Å². The van der Waals surface area contributed by atoms with Crippen molar-refractivity contribution in [1.82, 2.24) is 10.3 Å². The van der Waals surface area contributed by atoms with Gasteiger partial charge < -0.3 is 14.8 Å². The van der Waals surface area contributed by atoms with Gasteiger partial charge in [0.2, 0.25) is 11.8 Å². The molecule has 2 aromatic rings. The smallest absolute Gasteiger partial charge is 0.241 e. The molecule has 1 N–H and O–H groups in total. The minimum Gasteiger partial charge on any atom is -0.490 e. The zero-order chi connectivity index (χ0) is 21.7. The summed E-state index contributed by atoms with van der Waals surface area (Å²) >= 11 is 1.31. The number of nitrogens with one attached hydrogen (secondary N) is 1. The Hall–Kier alpha value is -3.00. The summed E-state index contributed by atoms with van der Waals surface area (Å²) in [5.41, 5.74) is 3.14. The average molecular weight is 428 g/mol. The maximum atomic E-state index is 12.0. The van der Waals surface area contributed by atoms with E-state index in [2.05, 4.69) is 16.5 Å². The average Bonchev–Trinajstić information content (AvgIpc) is 3.10. The number of ether oxygens (including phenoxy) is 2. The molecule has 0 radical (unpaired) electrons. The fraction of sp³-hybridized carbons (Fsp3) is 0.318. The number of carbonyl (C=O) groups is 2. The van der Waals surface area contributed by atoms with Gasteiger partial charge in [-0.25, -0.2) is 5.01 Å². The lowest BCUT2D eigenvalue weighted by Crippen LogP contribution is -2.25. The summed E-state index contributed by atoms with van der Waals surface area (Å²) in [6, 6.07) is 13.6. The van der Waals surface area contributed by atoms with Crippen LogP contribution in [0.1, 0.15) is 35.9 Å². The summed E-state index contributed by atoms with van der Waals surface area (Å²) in [4.78, 5) is 23.3. The first-order chi connectivity index (χ1) is 14.3. The summed E-state index contributed by atoms with van der Waals surface area (Å²) in [6.45, 7) is 7.72. The second-order valence-electron chi connectivity index (χ2n) is 6.96. The number of benzene rings is 2. The second-order valence-corrected chi connectivity index (χ2v) is 8.03. The molecule has 2 aromatic carbocycles. The fourth-order valence-corrected chi connectivity index (χ4v) is 4.14. The van der Waals surface area contributed by atoms with Crippen molar-refractivity contribution in [2.45, 2.75) is 33.1 Å².